The molecule has 0 fully saturated rings. The predicted molar refractivity (Wildman–Crippen MR) is 78.2 cm³/mol. The molecular formula is C15H22N2O3. The van der Waals surface area contributed by atoms with Gasteiger partial charge in [0.2, 0.25) is 0 Å². The fourth-order valence-corrected chi connectivity index (χ4v) is 1.90. The second kappa shape index (κ2) is 7.53. The minimum Gasteiger partial charge on any atom is -0.469 e. The summed E-state index contributed by atoms with van der Waals surface area (Å²) >= 11 is 0. The van der Waals surface area contributed by atoms with Gasteiger partial charge in [0.05, 0.1) is 13.5 Å². The number of anilines is 1. The van der Waals surface area contributed by atoms with Crippen LogP contribution in [0.25, 0.3) is 0 Å². The fraction of sp³-hybridized carbons (Fsp3) is 0.467. The van der Waals surface area contributed by atoms with Crippen LogP contribution in [0.1, 0.15) is 30.6 Å². The second-order valence-corrected chi connectivity index (χ2v) is 5.10. The van der Waals surface area contributed by atoms with Crippen molar-refractivity contribution >= 4 is 17.6 Å². The molecule has 0 aliphatic heterocycles. The number of esters is 1. The number of hydrogen-bond donors (Lipinski definition) is 1. The molecule has 0 unspecified atom stereocenters. The van der Waals surface area contributed by atoms with E-state index in [2.05, 4.69) is 4.74 Å². The Bertz CT molecular complexity index is 472. The highest BCUT2D eigenvalue weighted by Crippen LogP contribution is 2.12. The number of hydrogen-bond acceptors (Lipinski definition) is 4. The number of carbonyl (C=O) groups excluding carboxylic acids is 2. The van der Waals surface area contributed by atoms with Gasteiger partial charge in [0.15, 0.2) is 0 Å². The Hall–Kier alpha value is -2.04. The molecule has 1 amide bonds. The topological polar surface area (TPSA) is 72.6 Å². The number of methoxy groups -OCH3 is 1. The van der Waals surface area contributed by atoms with E-state index in [1.54, 1.807) is 29.2 Å². The zero-order valence-corrected chi connectivity index (χ0v) is 12.3. The summed E-state index contributed by atoms with van der Waals surface area (Å²) in [5, 5.41) is 0. The third-order valence-corrected chi connectivity index (χ3v) is 2.82. The van der Waals surface area contributed by atoms with Gasteiger partial charge in [-0.1, -0.05) is 19.9 Å². The summed E-state index contributed by atoms with van der Waals surface area (Å²) in [6, 6.07) is 6.85. The molecule has 0 aliphatic carbocycles. The quantitative estimate of drug-likeness (QED) is 0.637. The summed E-state index contributed by atoms with van der Waals surface area (Å²) in [6.07, 6.45) is 0.192. The lowest BCUT2D eigenvalue weighted by molar-refractivity contribution is -0.140. The van der Waals surface area contributed by atoms with Crippen LogP contribution in [0.5, 0.6) is 0 Å². The second-order valence-electron chi connectivity index (χ2n) is 5.10. The summed E-state index contributed by atoms with van der Waals surface area (Å²) < 4.78 is 4.61. The van der Waals surface area contributed by atoms with Crippen LogP contribution in [-0.2, 0) is 9.53 Å². The van der Waals surface area contributed by atoms with Crippen molar-refractivity contribution in [2.24, 2.45) is 5.92 Å². The van der Waals surface area contributed by atoms with Crippen molar-refractivity contribution in [1.82, 2.24) is 4.90 Å². The van der Waals surface area contributed by atoms with Gasteiger partial charge in [-0.2, -0.15) is 0 Å². The first-order chi connectivity index (χ1) is 9.43. The molecule has 0 atom stereocenters. The van der Waals surface area contributed by atoms with Crippen molar-refractivity contribution in [3.8, 4) is 0 Å². The molecule has 1 rings (SSSR count). The molecule has 110 valence electrons. The molecule has 2 N–H and O–H groups in total. The van der Waals surface area contributed by atoms with E-state index >= 15 is 0 Å². The van der Waals surface area contributed by atoms with Crippen LogP contribution in [0.15, 0.2) is 24.3 Å². The van der Waals surface area contributed by atoms with Gasteiger partial charge in [-0.15, -0.1) is 0 Å². The third-order valence-electron chi connectivity index (χ3n) is 2.82. The number of benzene rings is 1. The largest absolute Gasteiger partial charge is 0.469 e. The number of amides is 1. The van der Waals surface area contributed by atoms with Crippen molar-refractivity contribution in [1.29, 1.82) is 0 Å². The van der Waals surface area contributed by atoms with Crippen LogP contribution in [-0.4, -0.2) is 37.0 Å². The maximum absolute atomic E-state index is 12.5. The fourth-order valence-electron chi connectivity index (χ4n) is 1.90. The number of rotatable bonds is 6. The number of carbonyl (C=O) groups is 2. The lowest BCUT2D eigenvalue weighted by Gasteiger charge is -2.24. The minimum atomic E-state index is -0.320. The van der Waals surface area contributed by atoms with E-state index in [4.69, 9.17) is 5.73 Å². The third kappa shape index (κ3) is 4.91. The number of nitrogens with zero attached hydrogens (tertiary/aromatic N) is 1. The highest BCUT2D eigenvalue weighted by molar-refractivity contribution is 5.95. The van der Waals surface area contributed by atoms with Gasteiger partial charge in [-0.25, -0.2) is 0 Å². The Balaban J connectivity index is 2.81. The lowest BCUT2D eigenvalue weighted by Crippen LogP contribution is -2.36. The first kappa shape index (κ1) is 16.0. The van der Waals surface area contributed by atoms with Gasteiger partial charge >= 0.3 is 5.97 Å². The van der Waals surface area contributed by atoms with Gasteiger partial charge < -0.3 is 15.4 Å². The summed E-state index contributed by atoms with van der Waals surface area (Å²) in [5.74, 6) is -0.119. The maximum Gasteiger partial charge on any atom is 0.307 e. The van der Waals surface area contributed by atoms with Gasteiger partial charge in [-0.3, -0.25) is 9.59 Å². The van der Waals surface area contributed by atoms with Crippen molar-refractivity contribution in [3.63, 3.8) is 0 Å². The highest BCUT2D eigenvalue weighted by atomic mass is 16.5. The van der Waals surface area contributed by atoms with E-state index in [1.165, 1.54) is 7.11 Å². The Morgan fingerprint density at radius 2 is 2.05 bits per heavy atom. The molecular weight excluding hydrogens is 256 g/mol. The molecule has 0 aromatic heterocycles. The average molecular weight is 278 g/mol. The van der Waals surface area contributed by atoms with E-state index < -0.39 is 0 Å². The molecule has 0 saturated carbocycles. The summed E-state index contributed by atoms with van der Waals surface area (Å²) in [7, 11) is 1.34. The minimum absolute atomic E-state index is 0.116. The molecule has 5 nitrogen and oxygen atoms in total. The lowest BCUT2D eigenvalue weighted by atomic mass is 10.1. The molecule has 0 saturated heterocycles. The standard InChI is InChI=1S/C15H22N2O3/c1-11(2)10-17(8-7-14(18)20-3)15(19)12-5-4-6-13(16)9-12/h4-6,9,11H,7-8,10,16H2,1-3H3. The van der Waals surface area contributed by atoms with E-state index in [0.29, 0.717) is 30.3 Å². The first-order valence-corrected chi connectivity index (χ1v) is 6.65. The van der Waals surface area contributed by atoms with E-state index in [9.17, 15) is 9.59 Å². The zero-order chi connectivity index (χ0) is 15.1. The molecule has 20 heavy (non-hydrogen) atoms. The molecule has 0 aliphatic rings. The number of ether oxygens (including phenoxy) is 1. The molecule has 1 aromatic rings. The van der Waals surface area contributed by atoms with E-state index in [0.717, 1.165) is 0 Å². The van der Waals surface area contributed by atoms with Gasteiger partial charge in [0, 0.05) is 24.3 Å². The number of nitrogens with two attached hydrogens (primary N) is 1. The van der Waals surface area contributed by atoms with E-state index in [-0.39, 0.29) is 18.3 Å². The van der Waals surface area contributed by atoms with Crippen molar-refractivity contribution in [3.05, 3.63) is 29.8 Å². The predicted octanol–water partition coefficient (Wildman–Crippen LogP) is 1.93. The molecule has 1 aromatic carbocycles. The Labute approximate surface area is 119 Å². The van der Waals surface area contributed by atoms with Gasteiger partial charge in [0.1, 0.15) is 0 Å². The van der Waals surface area contributed by atoms with Crippen LogP contribution < -0.4 is 5.73 Å². The van der Waals surface area contributed by atoms with Crippen LogP contribution >= 0.6 is 0 Å². The SMILES string of the molecule is COC(=O)CCN(CC(C)C)C(=O)c1cccc(N)c1. The number of nitrogen functional groups attached to an aromatic ring is 1. The van der Waals surface area contributed by atoms with Crippen LogP contribution in [0.2, 0.25) is 0 Å². The molecule has 5 heteroatoms. The van der Waals surface area contributed by atoms with Gasteiger partial charge in [-0.05, 0) is 24.1 Å². The molecule has 0 bridgehead atoms. The average Bonchev–Trinajstić information content (AvgIpc) is 2.41. The first-order valence-electron chi connectivity index (χ1n) is 6.65. The van der Waals surface area contributed by atoms with Crippen LogP contribution in [0.3, 0.4) is 0 Å². The normalized spacial score (nSPS) is 10.4. The Morgan fingerprint density at radius 3 is 2.60 bits per heavy atom. The smallest absolute Gasteiger partial charge is 0.307 e. The highest BCUT2D eigenvalue weighted by Gasteiger charge is 2.18. The summed E-state index contributed by atoms with van der Waals surface area (Å²) in [4.78, 5) is 25.3. The van der Waals surface area contributed by atoms with Gasteiger partial charge in [0.25, 0.3) is 5.91 Å². The molecule has 0 spiro atoms. The van der Waals surface area contributed by atoms with Crippen molar-refractivity contribution in [2.75, 3.05) is 25.9 Å². The Morgan fingerprint density at radius 1 is 1.35 bits per heavy atom. The molecule has 0 radical (unpaired) electrons. The van der Waals surface area contributed by atoms with E-state index in [1.807, 2.05) is 13.8 Å². The van der Waals surface area contributed by atoms with Crippen molar-refractivity contribution < 1.29 is 14.3 Å². The summed E-state index contributed by atoms with van der Waals surface area (Å²) in [6.45, 7) is 4.98. The maximum atomic E-state index is 12.5. The summed E-state index contributed by atoms with van der Waals surface area (Å²) in [5.41, 5.74) is 6.78. The van der Waals surface area contributed by atoms with Crippen molar-refractivity contribution in [2.45, 2.75) is 20.3 Å². The molecule has 0 heterocycles. The van der Waals surface area contributed by atoms with Crippen LogP contribution in [0.4, 0.5) is 5.69 Å². The Kier molecular flexibility index (Phi) is 6.03. The monoisotopic (exact) mass is 278 g/mol. The van der Waals surface area contributed by atoms with Crippen LogP contribution in [0, 0.1) is 5.92 Å². The zero-order valence-electron chi connectivity index (χ0n) is 12.3.